The fourth-order valence-electron chi connectivity index (χ4n) is 3.93. The Morgan fingerprint density at radius 1 is 0.867 bits per heavy atom. The lowest BCUT2D eigenvalue weighted by molar-refractivity contribution is -0.127. The van der Waals surface area contributed by atoms with E-state index in [1.54, 1.807) is 13.1 Å². The fraction of sp³-hybridized carbons (Fsp3) is 0.733. The van der Waals surface area contributed by atoms with Crippen molar-refractivity contribution < 1.29 is 42.9 Å². The second-order valence-corrected chi connectivity index (χ2v) is 10.4. The van der Waals surface area contributed by atoms with Crippen LogP contribution in [-0.2, 0) is 49.3 Å². The lowest BCUT2D eigenvalue weighted by Crippen LogP contribution is -2.44. The van der Waals surface area contributed by atoms with Gasteiger partial charge in [-0.25, -0.2) is 4.98 Å². The van der Waals surface area contributed by atoms with Crippen LogP contribution in [0.15, 0.2) is 12.5 Å². The van der Waals surface area contributed by atoms with Crippen LogP contribution in [0.4, 0.5) is 0 Å². The van der Waals surface area contributed by atoms with Crippen molar-refractivity contribution in [3.8, 4) is 0 Å². The zero-order valence-electron chi connectivity index (χ0n) is 26.7. The molecular weight excluding hydrogens is 588 g/mol. The number of Topliss-reactive ketones (excluding diaryl/α,β-unsaturated/α-hetero) is 3. The highest BCUT2D eigenvalue weighted by Crippen LogP contribution is 2.03. The molecule has 0 radical (unpaired) electrons. The summed E-state index contributed by atoms with van der Waals surface area (Å²) in [6.45, 7) is 6.11. The Balaban J connectivity index is 1.94. The summed E-state index contributed by atoms with van der Waals surface area (Å²) in [6.07, 6.45) is 6.74. The minimum atomic E-state index is -0.687. The number of imidazole rings is 1. The first-order valence-electron chi connectivity index (χ1n) is 15.6. The van der Waals surface area contributed by atoms with Crippen molar-refractivity contribution in [3.05, 3.63) is 18.2 Å². The Labute approximate surface area is 265 Å². The van der Waals surface area contributed by atoms with Gasteiger partial charge in [-0.2, -0.15) is 0 Å². The van der Waals surface area contributed by atoms with Crippen molar-refractivity contribution in [2.24, 2.45) is 5.73 Å². The van der Waals surface area contributed by atoms with Gasteiger partial charge >= 0.3 is 0 Å². The lowest BCUT2D eigenvalue weighted by atomic mass is 10.0. The normalized spacial score (nSPS) is 12.4. The first-order valence-corrected chi connectivity index (χ1v) is 15.6. The number of unbranched alkanes of at least 4 members (excludes halogenated alkanes) is 1. The minimum Gasteiger partial charge on any atom is -0.379 e. The summed E-state index contributed by atoms with van der Waals surface area (Å²) in [5.41, 5.74) is 6.73. The van der Waals surface area contributed by atoms with Gasteiger partial charge in [-0.05, 0) is 32.6 Å². The molecule has 0 aliphatic carbocycles. The van der Waals surface area contributed by atoms with Gasteiger partial charge < -0.3 is 45.6 Å². The molecule has 2 amide bonds. The average molecular weight is 641 g/mol. The number of rotatable bonds is 30. The second kappa shape index (κ2) is 26.2. The van der Waals surface area contributed by atoms with E-state index < -0.39 is 12.1 Å². The number of hydrogen-bond donors (Lipinski definition) is 5. The standard InChI is InChI=1S/C30H52N6O9/c1-3-29(40)34-10-12-43-14-15-44-20-25(38)7-6-11-42-13-16-45-21-30(41)33-9-5-4-8-27(23(2)37)35-19-28(39)26(31)17-24-18-32-22-36-24/h18,22,26-27,35H,3-17,19-21,31H2,1-2H3,(H,32,36)(H,33,41)(H,34,40)/t26-,27-/m0/s1. The zero-order valence-corrected chi connectivity index (χ0v) is 26.7. The van der Waals surface area contributed by atoms with Crippen LogP contribution in [0, 0.1) is 0 Å². The molecule has 0 spiro atoms. The molecule has 1 aromatic rings. The van der Waals surface area contributed by atoms with Gasteiger partial charge in [0.05, 0.1) is 58.0 Å². The molecule has 0 saturated carbocycles. The molecule has 45 heavy (non-hydrogen) atoms. The molecular formula is C30H52N6O9. The maximum atomic E-state index is 12.3. The molecule has 15 heteroatoms. The van der Waals surface area contributed by atoms with E-state index in [-0.39, 0.29) is 55.5 Å². The number of carbonyl (C=O) groups is 5. The van der Waals surface area contributed by atoms with Crippen LogP contribution in [0.3, 0.4) is 0 Å². The van der Waals surface area contributed by atoms with Gasteiger partial charge in [-0.3, -0.25) is 24.0 Å². The van der Waals surface area contributed by atoms with Gasteiger partial charge in [0.25, 0.3) is 0 Å². The smallest absolute Gasteiger partial charge is 0.245 e. The van der Waals surface area contributed by atoms with Gasteiger partial charge in [-0.15, -0.1) is 0 Å². The van der Waals surface area contributed by atoms with E-state index in [0.29, 0.717) is 91.1 Å². The fourth-order valence-corrected chi connectivity index (χ4v) is 3.93. The number of carbonyl (C=O) groups excluding carboxylic acids is 5. The third-order valence-corrected chi connectivity index (χ3v) is 6.54. The Kier molecular flexibility index (Phi) is 23.2. The molecule has 0 aromatic carbocycles. The number of H-pyrrole nitrogens is 1. The molecule has 1 rings (SSSR count). The van der Waals surface area contributed by atoms with Crippen molar-refractivity contribution in [1.29, 1.82) is 0 Å². The number of amides is 2. The predicted molar refractivity (Wildman–Crippen MR) is 165 cm³/mol. The van der Waals surface area contributed by atoms with Crippen molar-refractivity contribution >= 4 is 29.2 Å². The van der Waals surface area contributed by atoms with Crippen molar-refractivity contribution in [2.75, 3.05) is 72.5 Å². The minimum absolute atomic E-state index is 0.00518. The van der Waals surface area contributed by atoms with Crippen LogP contribution in [0.1, 0.15) is 58.1 Å². The van der Waals surface area contributed by atoms with Crippen LogP contribution in [0.2, 0.25) is 0 Å². The van der Waals surface area contributed by atoms with E-state index in [0.717, 1.165) is 5.69 Å². The summed E-state index contributed by atoms with van der Waals surface area (Å²) in [5.74, 6) is -0.530. The highest BCUT2D eigenvalue weighted by Gasteiger charge is 2.19. The summed E-state index contributed by atoms with van der Waals surface area (Å²) in [6, 6.07) is -1.14. The first kappa shape index (κ1) is 39.9. The van der Waals surface area contributed by atoms with E-state index in [4.69, 9.17) is 24.7 Å². The Morgan fingerprint density at radius 3 is 2.24 bits per heavy atom. The molecule has 1 heterocycles. The third kappa shape index (κ3) is 22.1. The van der Waals surface area contributed by atoms with Crippen LogP contribution >= 0.6 is 0 Å². The number of aromatic amines is 1. The number of nitrogens with zero attached hydrogens (tertiary/aromatic N) is 1. The summed E-state index contributed by atoms with van der Waals surface area (Å²) in [5, 5.41) is 8.47. The predicted octanol–water partition coefficient (Wildman–Crippen LogP) is -0.376. The number of nitrogens with one attached hydrogen (secondary N) is 4. The third-order valence-electron chi connectivity index (χ3n) is 6.54. The number of ketones is 3. The van der Waals surface area contributed by atoms with Gasteiger partial charge in [0, 0.05) is 50.8 Å². The summed E-state index contributed by atoms with van der Waals surface area (Å²) in [7, 11) is 0. The molecule has 0 aliphatic heterocycles. The number of ether oxygens (including phenoxy) is 4. The molecule has 0 aliphatic rings. The van der Waals surface area contributed by atoms with Crippen LogP contribution in [0.25, 0.3) is 0 Å². The molecule has 0 bridgehead atoms. The number of hydrogen-bond acceptors (Lipinski definition) is 12. The van der Waals surface area contributed by atoms with Gasteiger partial charge in [0.1, 0.15) is 19.0 Å². The van der Waals surface area contributed by atoms with Crippen LogP contribution in [0.5, 0.6) is 0 Å². The van der Waals surface area contributed by atoms with Crippen LogP contribution < -0.4 is 21.7 Å². The maximum absolute atomic E-state index is 12.3. The number of aromatic nitrogens is 2. The summed E-state index contributed by atoms with van der Waals surface area (Å²) in [4.78, 5) is 66.0. The second-order valence-electron chi connectivity index (χ2n) is 10.4. The molecule has 0 saturated heterocycles. The first-order chi connectivity index (χ1) is 21.7. The molecule has 0 fully saturated rings. The molecule has 256 valence electrons. The average Bonchev–Trinajstić information content (AvgIpc) is 3.53. The van der Waals surface area contributed by atoms with Crippen molar-refractivity contribution in [3.63, 3.8) is 0 Å². The van der Waals surface area contributed by atoms with Crippen molar-refractivity contribution in [1.82, 2.24) is 25.9 Å². The van der Waals surface area contributed by atoms with E-state index in [1.807, 2.05) is 0 Å². The van der Waals surface area contributed by atoms with Crippen molar-refractivity contribution in [2.45, 2.75) is 70.9 Å². The Hall–Kier alpha value is -3.08. The van der Waals surface area contributed by atoms with E-state index in [2.05, 4.69) is 25.9 Å². The highest BCUT2D eigenvalue weighted by molar-refractivity contribution is 5.87. The van der Waals surface area contributed by atoms with Gasteiger partial charge in [0.2, 0.25) is 11.8 Å². The quantitative estimate of drug-likeness (QED) is 0.0681. The van der Waals surface area contributed by atoms with E-state index in [1.165, 1.54) is 13.3 Å². The SMILES string of the molecule is CCC(=O)NCCOCCOCC(=O)CCCOCCOCC(=O)NCCCC[C@H](NCC(=O)[C@@H](N)Cc1cnc[nH]1)C(C)=O. The maximum Gasteiger partial charge on any atom is 0.245 e. The Morgan fingerprint density at radius 2 is 1.56 bits per heavy atom. The molecule has 6 N–H and O–H groups in total. The van der Waals surface area contributed by atoms with E-state index in [9.17, 15) is 24.0 Å². The molecule has 0 unspecified atom stereocenters. The lowest BCUT2D eigenvalue weighted by Gasteiger charge is -2.17. The largest absolute Gasteiger partial charge is 0.379 e. The van der Waals surface area contributed by atoms with Gasteiger partial charge in [-0.1, -0.05) is 6.92 Å². The number of nitrogens with two attached hydrogens (primary N) is 1. The summed E-state index contributed by atoms with van der Waals surface area (Å²) < 4.78 is 21.3. The molecule has 15 nitrogen and oxygen atoms in total. The summed E-state index contributed by atoms with van der Waals surface area (Å²) >= 11 is 0. The van der Waals surface area contributed by atoms with E-state index >= 15 is 0 Å². The zero-order chi connectivity index (χ0) is 33.1. The molecule has 1 aromatic heterocycles. The monoisotopic (exact) mass is 640 g/mol. The molecule has 2 atom stereocenters. The van der Waals surface area contributed by atoms with Gasteiger partial charge in [0.15, 0.2) is 11.6 Å². The topological polar surface area (TPSA) is 213 Å². The van der Waals surface area contributed by atoms with Crippen LogP contribution in [-0.4, -0.2) is 124 Å². The Bertz CT molecular complexity index is 977. The highest BCUT2D eigenvalue weighted by atomic mass is 16.5.